The number of amides is 1. The van der Waals surface area contributed by atoms with Crippen LogP contribution in [0.3, 0.4) is 0 Å². The van der Waals surface area contributed by atoms with E-state index >= 15 is 0 Å². The zero-order chi connectivity index (χ0) is 36.7. The summed E-state index contributed by atoms with van der Waals surface area (Å²) < 4.78 is 66.6. The highest BCUT2D eigenvalue weighted by atomic mass is 35.5. The Kier molecular flexibility index (Phi) is 10.5. The summed E-state index contributed by atoms with van der Waals surface area (Å²) in [5.74, 6) is 0.317. The minimum Gasteiger partial charge on any atom is -0.481 e. The van der Waals surface area contributed by atoms with Crippen molar-refractivity contribution < 1.29 is 37.0 Å². The lowest BCUT2D eigenvalue weighted by molar-refractivity contribution is -0.136. The van der Waals surface area contributed by atoms with Gasteiger partial charge in [0, 0.05) is 42.0 Å². The van der Waals surface area contributed by atoms with E-state index in [4.69, 9.17) is 39.5 Å². The van der Waals surface area contributed by atoms with Crippen molar-refractivity contribution in [3.8, 4) is 23.8 Å². The Morgan fingerprint density at radius 2 is 1.92 bits per heavy atom. The third-order valence-electron chi connectivity index (χ3n) is 7.62. The topological polar surface area (TPSA) is 137 Å². The van der Waals surface area contributed by atoms with Crippen LogP contribution in [-0.2, 0) is 29.0 Å². The number of aromatic nitrogens is 5. The van der Waals surface area contributed by atoms with Crippen molar-refractivity contribution in [3.05, 3.63) is 73.4 Å². The van der Waals surface area contributed by atoms with Crippen molar-refractivity contribution in [1.82, 2.24) is 23.3 Å². The number of carboxylic acid groups (broad SMARTS) is 1. The highest BCUT2D eigenvalue weighted by molar-refractivity contribution is 7.02. The normalized spacial score (nSPS) is 15.6. The van der Waals surface area contributed by atoms with Gasteiger partial charge in [-0.3, -0.25) is 14.5 Å². The summed E-state index contributed by atoms with van der Waals surface area (Å²) in [5.41, 5.74) is -0.865. The maximum absolute atomic E-state index is 14.5. The highest BCUT2D eigenvalue weighted by Crippen LogP contribution is 2.37. The molecule has 12 nitrogen and oxygen atoms in total. The molecule has 2 aliphatic rings. The average Bonchev–Trinajstić information content (AvgIpc) is 3.65. The predicted molar refractivity (Wildman–Crippen MR) is 176 cm³/mol. The zero-order valence-electron chi connectivity index (χ0n) is 26.5. The van der Waals surface area contributed by atoms with E-state index in [9.17, 15) is 31.9 Å². The van der Waals surface area contributed by atoms with Crippen LogP contribution in [0.2, 0.25) is 5.02 Å². The molecule has 4 aromatic rings. The molecule has 2 aromatic carbocycles. The number of hydrogen-bond acceptors (Lipinski definition) is 8. The Labute approximate surface area is 295 Å². The van der Waals surface area contributed by atoms with Gasteiger partial charge in [0.2, 0.25) is 4.80 Å². The molecule has 19 heteroatoms. The maximum Gasteiger partial charge on any atom is 0.355 e. The fourth-order valence-corrected chi connectivity index (χ4v) is 6.44. The maximum atomic E-state index is 14.5. The summed E-state index contributed by atoms with van der Waals surface area (Å²) in [5, 5.41) is 11.0. The Hall–Kier alpha value is -4.66. The monoisotopic (exact) mass is 755 g/mol. The molecule has 2 aromatic heterocycles. The van der Waals surface area contributed by atoms with Crippen LogP contribution in [-0.4, -0.2) is 58.8 Å². The van der Waals surface area contributed by atoms with Gasteiger partial charge in [-0.2, -0.15) is 17.8 Å². The lowest BCUT2D eigenvalue weighted by Crippen LogP contribution is -2.39. The van der Waals surface area contributed by atoms with Gasteiger partial charge in [0.1, 0.15) is 34.2 Å². The third kappa shape index (κ3) is 7.42. The molecule has 4 heterocycles. The molecule has 50 heavy (non-hydrogen) atoms. The number of carbonyl (C=O) groups excluding carboxylic acids is 1. The largest absolute Gasteiger partial charge is 0.481 e. The fourth-order valence-electron chi connectivity index (χ4n) is 5.28. The van der Waals surface area contributed by atoms with Crippen LogP contribution in [0.25, 0.3) is 5.69 Å². The number of aliphatic carboxylic acids is 1. The number of aryl methyl sites for hydroxylation is 1. The molecule has 0 spiro atoms. The second kappa shape index (κ2) is 14.3. The number of fused-ring (bicyclic) bond motifs is 2. The Balaban J connectivity index is 0.000000195. The van der Waals surface area contributed by atoms with Gasteiger partial charge < -0.3 is 14.4 Å². The molecule has 1 amide bonds. The van der Waals surface area contributed by atoms with E-state index < -0.39 is 40.9 Å². The number of rotatable bonds is 7. The first-order valence-corrected chi connectivity index (χ1v) is 16.2. The Morgan fingerprint density at radius 3 is 2.56 bits per heavy atom. The smallest absolute Gasteiger partial charge is 0.355 e. The van der Waals surface area contributed by atoms with E-state index in [1.807, 2.05) is 4.57 Å². The molecular formula is C31H27Cl2F4N7O5S. The summed E-state index contributed by atoms with van der Waals surface area (Å²) in [6.45, 7) is 3.08. The minimum absolute atomic E-state index is 0.0926. The van der Waals surface area contributed by atoms with Crippen molar-refractivity contribution in [1.29, 1.82) is 0 Å². The Bertz CT molecular complexity index is 2170. The van der Waals surface area contributed by atoms with Crippen LogP contribution in [0.1, 0.15) is 37.6 Å². The number of nitrogens with zero attached hydrogens (tertiary/aromatic N) is 7. The zero-order valence-corrected chi connectivity index (χ0v) is 28.8. The first kappa shape index (κ1) is 36.6. The Morgan fingerprint density at radius 1 is 1.20 bits per heavy atom. The van der Waals surface area contributed by atoms with Crippen molar-refractivity contribution in [3.63, 3.8) is 0 Å². The third-order valence-corrected chi connectivity index (χ3v) is 9.09. The number of carboxylic acids is 1. The molecule has 264 valence electrons. The summed E-state index contributed by atoms with van der Waals surface area (Å²) in [4.78, 5) is 41.3. The van der Waals surface area contributed by atoms with Crippen molar-refractivity contribution in [2.24, 2.45) is 10.4 Å². The van der Waals surface area contributed by atoms with Gasteiger partial charge in [-0.05, 0) is 36.1 Å². The average molecular weight is 757 g/mol. The molecule has 0 fully saturated rings. The molecule has 0 aliphatic carbocycles. The second-order valence-electron chi connectivity index (χ2n) is 12.0. The van der Waals surface area contributed by atoms with Gasteiger partial charge in [0.15, 0.2) is 18.2 Å². The van der Waals surface area contributed by atoms with Crippen LogP contribution >= 0.6 is 34.7 Å². The molecule has 1 N–H and O–H groups in total. The first-order valence-electron chi connectivity index (χ1n) is 14.6. The first-order chi connectivity index (χ1) is 23.5. The van der Waals surface area contributed by atoms with Gasteiger partial charge in [-0.15, -0.1) is 23.1 Å². The summed E-state index contributed by atoms with van der Waals surface area (Å²) in [6, 6.07) is 4.65. The van der Waals surface area contributed by atoms with Gasteiger partial charge in [-0.1, -0.05) is 31.4 Å². The molecule has 0 bridgehead atoms. The van der Waals surface area contributed by atoms with Crippen LogP contribution in [0.5, 0.6) is 5.75 Å². The number of hydrogen-bond donors (Lipinski definition) is 1. The van der Waals surface area contributed by atoms with E-state index in [2.05, 4.69) is 34.2 Å². The van der Waals surface area contributed by atoms with Crippen molar-refractivity contribution in [2.45, 2.75) is 52.1 Å². The molecule has 0 saturated heterocycles. The van der Waals surface area contributed by atoms with E-state index in [0.29, 0.717) is 20.9 Å². The number of anilines is 1. The number of benzene rings is 2. The number of alkyl halides is 3. The lowest BCUT2D eigenvalue weighted by atomic mass is 9.92. The molecular weight excluding hydrogens is 729 g/mol. The predicted octanol–water partition coefficient (Wildman–Crippen LogP) is 5.02. The van der Waals surface area contributed by atoms with Crippen LogP contribution in [0.4, 0.5) is 28.9 Å². The number of terminal acetylenes is 1. The standard InChI is InChI=1S/C18H17FN4O2S.C13H10Cl2F3N3O3/c1-4-5-22-13-7-12(11(19)6-14(13)25-9-16(22)24)20-17-23-10-18(2,3)8-15(23)21-26-17;1-5-19-21(13(24)20(5)12(17)18)10-3-6(2-8(15)11(22)23)7(14)4-9(10)16/h1,6-7H,5,8-10H2,2-3H3;3-4,8,12H,2H2,1H3,(H,22,23). The van der Waals surface area contributed by atoms with E-state index in [-0.39, 0.29) is 57.6 Å². The second-order valence-corrected chi connectivity index (χ2v) is 13.6. The number of ether oxygens (including phenoxy) is 1. The van der Waals surface area contributed by atoms with Crippen molar-refractivity contribution >= 4 is 58.0 Å². The molecule has 6 rings (SSSR count). The van der Waals surface area contributed by atoms with Gasteiger partial charge in [-0.25, -0.2) is 23.1 Å². The highest BCUT2D eigenvalue weighted by Gasteiger charge is 2.31. The van der Waals surface area contributed by atoms with Gasteiger partial charge in [0.25, 0.3) is 5.91 Å². The van der Waals surface area contributed by atoms with Gasteiger partial charge in [0.05, 0.1) is 12.2 Å². The summed E-state index contributed by atoms with van der Waals surface area (Å²) in [6.07, 6.45) is 5.96. The van der Waals surface area contributed by atoms with Crippen LogP contribution in [0.15, 0.2) is 34.1 Å². The lowest BCUT2D eigenvalue weighted by Gasteiger charge is -2.28. The summed E-state index contributed by atoms with van der Waals surface area (Å²) in [7, 11) is 0. The van der Waals surface area contributed by atoms with Crippen LogP contribution < -0.4 is 20.1 Å². The molecule has 0 saturated carbocycles. The van der Waals surface area contributed by atoms with Crippen LogP contribution in [0, 0.1) is 36.3 Å². The van der Waals surface area contributed by atoms with Crippen molar-refractivity contribution in [2.75, 3.05) is 18.1 Å². The summed E-state index contributed by atoms with van der Waals surface area (Å²) >= 11 is 12.7. The van der Waals surface area contributed by atoms with E-state index in [1.165, 1.54) is 28.6 Å². The molecule has 1 unspecified atom stereocenters. The molecule has 2 aliphatic heterocycles. The van der Waals surface area contributed by atoms with E-state index in [1.54, 1.807) is 0 Å². The minimum atomic E-state index is -3.14. The number of carbonyl (C=O) groups is 2. The molecule has 1 atom stereocenters. The van der Waals surface area contributed by atoms with E-state index in [0.717, 1.165) is 37.8 Å². The molecule has 0 radical (unpaired) electrons. The fraction of sp³-hybridized carbons (Fsp3) is 0.355. The van der Waals surface area contributed by atoms with Gasteiger partial charge >= 0.3 is 18.2 Å². The SMILES string of the molecule is C#CCN1C(=O)COc2cc(F)c(N=c3snc4n3CC(C)(C)C4)cc21.Cc1nn(-c2cc(CC(Cl)C(=O)O)c(Cl)cc2F)c(=O)n1C(F)F. The quantitative estimate of drug-likeness (QED) is 0.159. The number of halogens is 6.